The molecule has 92 valence electrons. The van der Waals surface area contributed by atoms with E-state index in [1.807, 2.05) is 0 Å². The predicted octanol–water partition coefficient (Wildman–Crippen LogP) is -0.502. The molecule has 6 nitrogen and oxygen atoms in total. The van der Waals surface area contributed by atoms with Crippen molar-refractivity contribution < 1.29 is 14.7 Å². The van der Waals surface area contributed by atoms with Crippen molar-refractivity contribution in [3.8, 4) is 0 Å². The average Bonchev–Trinajstić information content (AvgIpc) is 2.28. The Morgan fingerprint density at radius 3 is 2.71 bits per heavy atom. The van der Waals surface area contributed by atoms with E-state index in [0.29, 0.717) is 5.69 Å². The second-order valence-corrected chi connectivity index (χ2v) is 3.77. The minimum atomic E-state index is -1.43. The van der Waals surface area contributed by atoms with Crippen molar-refractivity contribution in [3.05, 3.63) is 28.8 Å². The van der Waals surface area contributed by atoms with E-state index in [-0.39, 0.29) is 17.1 Å². The molecule has 0 aromatic heterocycles. The average molecular weight is 258 g/mol. The van der Waals surface area contributed by atoms with Gasteiger partial charge in [-0.1, -0.05) is 11.6 Å². The number of hydrogen-bond acceptors (Lipinski definition) is 4. The molecule has 0 heterocycles. The van der Waals surface area contributed by atoms with E-state index in [1.54, 1.807) is 6.07 Å². The van der Waals surface area contributed by atoms with Crippen molar-refractivity contribution in [1.82, 2.24) is 5.32 Å². The van der Waals surface area contributed by atoms with Gasteiger partial charge in [0.05, 0.1) is 17.1 Å². The second kappa shape index (κ2) is 5.51. The maximum Gasteiger partial charge on any atom is 0.252 e. The van der Waals surface area contributed by atoms with Gasteiger partial charge in [0, 0.05) is 5.69 Å². The number of primary amides is 1. The lowest BCUT2D eigenvalue weighted by atomic mass is 10.2. The van der Waals surface area contributed by atoms with Crippen LogP contribution in [0.1, 0.15) is 10.4 Å². The number of hydrogen-bond donors (Lipinski definition) is 4. The van der Waals surface area contributed by atoms with Gasteiger partial charge in [0.15, 0.2) is 0 Å². The highest BCUT2D eigenvalue weighted by molar-refractivity contribution is 6.34. The summed E-state index contributed by atoms with van der Waals surface area (Å²) in [5, 5.41) is 11.6. The highest BCUT2D eigenvalue weighted by Crippen LogP contribution is 2.18. The summed E-state index contributed by atoms with van der Waals surface area (Å²) in [6, 6.07) is 4.43. The van der Waals surface area contributed by atoms with Crippen molar-refractivity contribution >= 4 is 29.1 Å². The number of benzene rings is 1. The van der Waals surface area contributed by atoms with Crippen LogP contribution in [0.4, 0.5) is 5.69 Å². The zero-order valence-electron chi connectivity index (χ0n) is 8.81. The normalized spacial score (nSPS) is 11.9. The highest BCUT2D eigenvalue weighted by Gasteiger charge is 2.15. The van der Waals surface area contributed by atoms with Gasteiger partial charge >= 0.3 is 0 Å². The monoisotopic (exact) mass is 257 g/mol. The van der Waals surface area contributed by atoms with Gasteiger partial charge in [-0.3, -0.25) is 9.59 Å². The Bertz CT molecular complexity index is 450. The number of rotatable bonds is 4. The summed E-state index contributed by atoms with van der Waals surface area (Å²) >= 11 is 5.80. The van der Waals surface area contributed by atoms with Crippen molar-refractivity contribution in [1.29, 1.82) is 0 Å². The van der Waals surface area contributed by atoms with Gasteiger partial charge in [-0.25, -0.2) is 0 Å². The molecule has 0 aliphatic carbocycles. The molecule has 7 heteroatoms. The first kappa shape index (κ1) is 13.3. The molecule has 0 radical (unpaired) electrons. The first-order valence-electron chi connectivity index (χ1n) is 4.72. The quantitative estimate of drug-likeness (QED) is 0.544. The topological polar surface area (TPSA) is 118 Å². The van der Waals surface area contributed by atoms with E-state index in [0.717, 1.165) is 0 Å². The van der Waals surface area contributed by atoms with Crippen molar-refractivity contribution in [2.75, 3.05) is 12.3 Å². The van der Waals surface area contributed by atoms with E-state index in [4.69, 9.17) is 28.2 Å². The van der Waals surface area contributed by atoms with E-state index >= 15 is 0 Å². The molecule has 1 rings (SSSR count). The molecule has 0 aliphatic rings. The van der Waals surface area contributed by atoms with Crippen LogP contribution in [0.15, 0.2) is 18.2 Å². The number of halogens is 1. The maximum atomic E-state index is 11.6. The number of anilines is 1. The number of aliphatic hydroxyl groups excluding tert-OH is 1. The summed E-state index contributed by atoms with van der Waals surface area (Å²) in [7, 11) is 0. The van der Waals surface area contributed by atoms with Crippen LogP contribution in [0, 0.1) is 0 Å². The molecule has 0 aliphatic heterocycles. The van der Waals surface area contributed by atoms with Crippen LogP contribution in [0.3, 0.4) is 0 Å². The fraction of sp³-hybridized carbons (Fsp3) is 0.200. The minimum absolute atomic E-state index is 0.170. The van der Waals surface area contributed by atoms with Crippen LogP contribution in [0.5, 0.6) is 0 Å². The Kier molecular flexibility index (Phi) is 4.30. The molecule has 6 N–H and O–H groups in total. The zero-order valence-corrected chi connectivity index (χ0v) is 9.57. The lowest BCUT2D eigenvalue weighted by Gasteiger charge is -2.09. The van der Waals surface area contributed by atoms with Gasteiger partial charge in [-0.2, -0.15) is 0 Å². The highest BCUT2D eigenvalue weighted by atomic mass is 35.5. The summed E-state index contributed by atoms with van der Waals surface area (Å²) in [5.41, 5.74) is 10.9. The molecule has 0 fully saturated rings. The van der Waals surface area contributed by atoms with Crippen LogP contribution in [0.25, 0.3) is 0 Å². The third kappa shape index (κ3) is 3.61. The molecule has 1 unspecified atom stereocenters. The summed E-state index contributed by atoms with van der Waals surface area (Å²) < 4.78 is 0. The standard InChI is InChI=1S/C10H12ClN3O3/c11-7-2-1-5(12)3-6(7)10(17)14-4-8(15)9(13)16/h1-3,8,15H,4,12H2,(H2,13,16)(H,14,17). The first-order chi connectivity index (χ1) is 7.91. The van der Waals surface area contributed by atoms with E-state index < -0.39 is 17.9 Å². The Labute approximate surface area is 103 Å². The smallest absolute Gasteiger partial charge is 0.252 e. The second-order valence-electron chi connectivity index (χ2n) is 3.37. The minimum Gasteiger partial charge on any atom is -0.399 e. The number of nitrogens with two attached hydrogens (primary N) is 2. The molecule has 1 atom stereocenters. The predicted molar refractivity (Wildman–Crippen MR) is 63.4 cm³/mol. The molecule has 1 aromatic rings. The number of carbonyl (C=O) groups is 2. The fourth-order valence-electron chi connectivity index (χ4n) is 1.10. The molecular weight excluding hydrogens is 246 g/mol. The summed E-state index contributed by atoms with van der Waals surface area (Å²) in [6.45, 7) is -0.278. The zero-order chi connectivity index (χ0) is 13.0. The number of aliphatic hydroxyl groups is 1. The van der Waals surface area contributed by atoms with Gasteiger partial charge in [-0.15, -0.1) is 0 Å². The first-order valence-corrected chi connectivity index (χ1v) is 5.10. The van der Waals surface area contributed by atoms with E-state index in [9.17, 15) is 9.59 Å². The molecule has 2 amide bonds. The van der Waals surface area contributed by atoms with Gasteiger partial charge in [0.1, 0.15) is 6.10 Å². The number of nitrogen functional groups attached to an aromatic ring is 1. The molecule has 0 spiro atoms. The Morgan fingerprint density at radius 1 is 1.47 bits per heavy atom. The number of carbonyl (C=O) groups excluding carboxylic acids is 2. The van der Waals surface area contributed by atoms with Crippen LogP contribution < -0.4 is 16.8 Å². The van der Waals surface area contributed by atoms with Crippen LogP contribution in [0.2, 0.25) is 5.02 Å². The summed E-state index contributed by atoms with van der Waals surface area (Å²) in [4.78, 5) is 22.2. The number of amides is 2. The molecule has 17 heavy (non-hydrogen) atoms. The van der Waals surface area contributed by atoms with Crippen molar-refractivity contribution in [2.45, 2.75) is 6.10 Å². The maximum absolute atomic E-state index is 11.6. The van der Waals surface area contributed by atoms with Crippen LogP contribution in [-0.4, -0.2) is 29.6 Å². The van der Waals surface area contributed by atoms with Crippen molar-refractivity contribution in [3.63, 3.8) is 0 Å². The van der Waals surface area contributed by atoms with Crippen LogP contribution >= 0.6 is 11.6 Å². The molecule has 0 saturated heterocycles. The molecule has 1 aromatic carbocycles. The Balaban J connectivity index is 2.70. The third-order valence-corrected chi connectivity index (χ3v) is 2.35. The van der Waals surface area contributed by atoms with Gasteiger partial charge in [0.25, 0.3) is 5.91 Å². The number of nitrogens with one attached hydrogen (secondary N) is 1. The lowest BCUT2D eigenvalue weighted by molar-refractivity contribution is -0.125. The van der Waals surface area contributed by atoms with Crippen LogP contribution in [-0.2, 0) is 4.79 Å². The van der Waals surface area contributed by atoms with E-state index in [1.165, 1.54) is 12.1 Å². The van der Waals surface area contributed by atoms with Gasteiger partial charge in [-0.05, 0) is 18.2 Å². The van der Waals surface area contributed by atoms with Gasteiger partial charge < -0.3 is 21.9 Å². The Morgan fingerprint density at radius 2 is 2.12 bits per heavy atom. The summed E-state index contributed by atoms with van der Waals surface area (Å²) in [5.74, 6) is -1.45. The molecule has 0 saturated carbocycles. The van der Waals surface area contributed by atoms with Crippen molar-refractivity contribution in [2.24, 2.45) is 5.73 Å². The molecule has 0 bridgehead atoms. The largest absolute Gasteiger partial charge is 0.399 e. The van der Waals surface area contributed by atoms with Gasteiger partial charge in [0.2, 0.25) is 5.91 Å². The molecular formula is C10H12ClN3O3. The lowest BCUT2D eigenvalue weighted by Crippen LogP contribution is -2.40. The Hall–Kier alpha value is -1.79. The summed E-state index contributed by atoms with van der Waals surface area (Å²) in [6.07, 6.45) is -1.43. The SMILES string of the molecule is NC(=O)C(O)CNC(=O)c1cc(N)ccc1Cl. The fourth-order valence-corrected chi connectivity index (χ4v) is 1.31. The third-order valence-electron chi connectivity index (χ3n) is 2.02. The van der Waals surface area contributed by atoms with E-state index in [2.05, 4.69) is 5.32 Å².